The van der Waals surface area contributed by atoms with E-state index in [9.17, 15) is 13.2 Å². The minimum Gasteiger partial charge on any atom is -0.354 e. The molecule has 0 radical (unpaired) electrons. The van der Waals surface area contributed by atoms with Gasteiger partial charge in [-0.15, -0.1) is 12.4 Å². The second kappa shape index (κ2) is 8.98. The molecule has 9 heteroatoms. The van der Waals surface area contributed by atoms with Crippen LogP contribution in [0.15, 0.2) is 33.6 Å². The van der Waals surface area contributed by atoms with E-state index in [1.54, 1.807) is 12.1 Å². The zero-order chi connectivity index (χ0) is 16.2. The standard InChI is InChI=1S/C14H20BrN3O3S.ClH/c15-11-3-5-12(6-4-11)22(20,21)18-8-7-14(19)17-9-13(16)10-1-2-10;/h3-6,10,13,18H,1-2,7-9,16H2,(H,17,19);1H. The number of hydrogen-bond donors (Lipinski definition) is 3. The number of carbonyl (C=O) groups is 1. The predicted octanol–water partition coefficient (Wildman–Crippen LogP) is 1.39. The molecule has 1 aliphatic rings. The highest BCUT2D eigenvalue weighted by atomic mass is 79.9. The number of sulfonamides is 1. The first kappa shape index (κ1) is 20.4. The number of benzene rings is 1. The third-order valence-electron chi connectivity index (χ3n) is 3.53. The highest BCUT2D eigenvalue weighted by Gasteiger charge is 2.28. The second-order valence-electron chi connectivity index (χ2n) is 5.41. The molecule has 2 rings (SSSR count). The van der Waals surface area contributed by atoms with Gasteiger partial charge in [0.25, 0.3) is 0 Å². The summed E-state index contributed by atoms with van der Waals surface area (Å²) in [4.78, 5) is 11.8. The lowest BCUT2D eigenvalue weighted by atomic mass is 10.2. The fourth-order valence-electron chi connectivity index (χ4n) is 2.01. The van der Waals surface area contributed by atoms with Crippen molar-refractivity contribution in [3.05, 3.63) is 28.7 Å². The van der Waals surface area contributed by atoms with Gasteiger partial charge < -0.3 is 11.1 Å². The molecule has 0 heterocycles. The van der Waals surface area contributed by atoms with E-state index >= 15 is 0 Å². The van der Waals surface area contributed by atoms with Crippen molar-refractivity contribution in [2.45, 2.75) is 30.2 Å². The Kier molecular flexibility index (Phi) is 7.96. The summed E-state index contributed by atoms with van der Waals surface area (Å²) < 4.78 is 27.2. The molecule has 0 aliphatic heterocycles. The fourth-order valence-corrected chi connectivity index (χ4v) is 3.30. The van der Waals surface area contributed by atoms with Gasteiger partial charge in [0.05, 0.1) is 4.90 Å². The molecule has 0 spiro atoms. The summed E-state index contributed by atoms with van der Waals surface area (Å²) in [7, 11) is -3.58. The molecule has 0 aromatic heterocycles. The van der Waals surface area contributed by atoms with Gasteiger partial charge >= 0.3 is 0 Å². The molecule has 0 bridgehead atoms. The van der Waals surface area contributed by atoms with Crippen LogP contribution < -0.4 is 15.8 Å². The molecular formula is C14H21BrClN3O3S. The van der Waals surface area contributed by atoms with Crippen molar-refractivity contribution in [2.24, 2.45) is 11.7 Å². The van der Waals surface area contributed by atoms with E-state index in [-0.39, 0.29) is 42.2 Å². The van der Waals surface area contributed by atoms with Gasteiger partial charge in [0.15, 0.2) is 0 Å². The number of nitrogens with two attached hydrogens (primary N) is 1. The van der Waals surface area contributed by atoms with Crippen molar-refractivity contribution in [1.82, 2.24) is 10.0 Å². The number of amides is 1. The SMILES string of the molecule is Cl.NC(CNC(=O)CCNS(=O)(=O)c1ccc(Br)cc1)C1CC1. The predicted molar refractivity (Wildman–Crippen MR) is 94.9 cm³/mol. The number of nitrogens with one attached hydrogen (secondary N) is 2. The maximum atomic E-state index is 12.0. The summed E-state index contributed by atoms with van der Waals surface area (Å²) in [6.45, 7) is 0.506. The molecule has 4 N–H and O–H groups in total. The van der Waals surface area contributed by atoms with Crippen molar-refractivity contribution in [3.63, 3.8) is 0 Å². The van der Waals surface area contributed by atoms with Gasteiger partial charge in [0.1, 0.15) is 0 Å². The summed E-state index contributed by atoms with van der Waals surface area (Å²) >= 11 is 3.25. The number of carbonyl (C=O) groups excluding carboxylic acids is 1. The van der Waals surface area contributed by atoms with E-state index in [0.717, 1.165) is 17.3 Å². The number of halogens is 2. The Morgan fingerprint density at radius 2 is 1.91 bits per heavy atom. The Bertz CT molecular complexity index is 621. The second-order valence-corrected chi connectivity index (χ2v) is 8.09. The van der Waals surface area contributed by atoms with E-state index in [4.69, 9.17) is 5.73 Å². The molecule has 1 saturated carbocycles. The van der Waals surface area contributed by atoms with Crippen LogP contribution in [0.25, 0.3) is 0 Å². The average molecular weight is 427 g/mol. The quantitative estimate of drug-likeness (QED) is 0.584. The molecule has 0 saturated heterocycles. The molecule has 1 amide bonds. The van der Waals surface area contributed by atoms with Crippen LogP contribution in [0.4, 0.5) is 0 Å². The zero-order valence-electron chi connectivity index (χ0n) is 12.5. The van der Waals surface area contributed by atoms with Crippen LogP contribution in [0.2, 0.25) is 0 Å². The summed E-state index contributed by atoms with van der Waals surface area (Å²) in [6.07, 6.45) is 2.35. The number of hydrogen-bond acceptors (Lipinski definition) is 4. The molecular weight excluding hydrogens is 406 g/mol. The van der Waals surface area contributed by atoms with Gasteiger partial charge in [-0.1, -0.05) is 15.9 Å². The summed E-state index contributed by atoms with van der Waals surface area (Å²) in [5.74, 6) is 0.325. The van der Waals surface area contributed by atoms with E-state index in [1.165, 1.54) is 12.1 Å². The van der Waals surface area contributed by atoms with Gasteiger partial charge in [-0.25, -0.2) is 13.1 Å². The van der Waals surface area contributed by atoms with Gasteiger partial charge in [-0.05, 0) is 43.0 Å². The Morgan fingerprint density at radius 1 is 1.30 bits per heavy atom. The lowest BCUT2D eigenvalue weighted by Gasteiger charge is -2.12. The lowest BCUT2D eigenvalue weighted by Crippen LogP contribution is -2.39. The Morgan fingerprint density at radius 3 is 2.48 bits per heavy atom. The molecule has 1 atom stereocenters. The van der Waals surface area contributed by atoms with Crippen LogP contribution in [0.3, 0.4) is 0 Å². The van der Waals surface area contributed by atoms with Crippen molar-refractivity contribution in [2.75, 3.05) is 13.1 Å². The minimum atomic E-state index is -3.58. The van der Waals surface area contributed by atoms with E-state index in [2.05, 4.69) is 26.0 Å². The average Bonchev–Trinajstić information content (AvgIpc) is 3.29. The van der Waals surface area contributed by atoms with Crippen molar-refractivity contribution in [3.8, 4) is 0 Å². The highest BCUT2D eigenvalue weighted by Crippen LogP contribution is 2.31. The first-order valence-corrected chi connectivity index (χ1v) is 9.43. The van der Waals surface area contributed by atoms with Gasteiger partial charge in [-0.3, -0.25) is 4.79 Å². The topological polar surface area (TPSA) is 101 Å². The summed E-state index contributed by atoms with van der Waals surface area (Å²) in [5.41, 5.74) is 5.88. The Hall–Kier alpha value is -0.670. The molecule has 1 fully saturated rings. The van der Waals surface area contributed by atoms with Crippen molar-refractivity contribution >= 4 is 44.3 Å². The first-order chi connectivity index (χ1) is 10.4. The van der Waals surface area contributed by atoms with Crippen LogP contribution in [-0.4, -0.2) is 33.5 Å². The lowest BCUT2D eigenvalue weighted by molar-refractivity contribution is -0.121. The summed E-state index contributed by atoms with van der Waals surface area (Å²) in [5, 5.41) is 2.73. The molecule has 1 aromatic carbocycles. The third-order valence-corrected chi connectivity index (χ3v) is 5.54. The third kappa shape index (κ3) is 6.76. The monoisotopic (exact) mass is 425 g/mol. The van der Waals surface area contributed by atoms with Crippen LogP contribution in [0.5, 0.6) is 0 Å². The van der Waals surface area contributed by atoms with Crippen molar-refractivity contribution < 1.29 is 13.2 Å². The molecule has 1 aliphatic carbocycles. The van der Waals surface area contributed by atoms with Gasteiger partial charge in [0, 0.05) is 30.0 Å². The van der Waals surface area contributed by atoms with Crippen LogP contribution in [-0.2, 0) is 14.8 Å². The molecule has 1 unspecified atom stereocenters. The Balaban J connectivity index is 0.00000264. The highest BCUT2D eigenvalue weighted by molar-refractivity contribution is 9.10. The van der Waals surface area contributed by atoms with E-state index in [1.807, 2.05) is 0 Å². The van der Waals surface area contributed by atoms with Crippen LogP contribution in [0.1, 0.15) is 19.3 Å². The number of rotatable bonds is 8. The van der Waals surface area contributed by atoms with E-state index in [0.29, 0.717) is 12.5 Å². The maximum absolute atomic E-state index is 12.0. The molecule has 1 aromatic rings. The summed E-state index contributed by atoms with van der Waals surface area (Å²) in [6, 6.07) is 6.31. The Labute approximate surface area is 151 Å². The minimum absolute atomic E-state index is 0. The first-order valence-electron chi connectivity index (χ1n) is 7.16. The maximum Gasteiger partial charge on any atom is 0.240 e. The molecule has 6 nitrogen and oxygen atoms in total. The smallest absolute Gasteiger partial charge is 0.240 e. The normalized spacial score (nSPS) is 15.6. The van der Waals surface area contributed by atoms with Gasteiger partial charge in [-0.2, -0.15) is 0 Å². The van der Waals surface area contributed by atoms with E-state index < -0.39 is 10.0 Å². The molecule has 23 heavy (non-hydrogen) atoms. The molecule has 130 valence electrons. The fraction of sp³-hybridized carbons (Fsp3) is 0.500. The zero-order valence-corrected chi connectivity index (χ0v) is 15.7. The van der Waals surface area contributed by atoms with Crippen LogP contribution in [0, 0.1) is 5.92 Å². The van der Waals surface area contributed by atoms with Crippen LogP contribution >= 0.6 is 28.3 Å². The largest absolute Gasteiger partial charge is 0.354 e. The van der Waals surface area contributed by atoms with Gasteiger partial charge in [0.2, 0.25) is 15.9 Å². The van der Waals surface area contributed by atoms with Crippen molar-refractivity contribution in [1.29, 1.82) is 0 Å².